The van der Waals surface area contributed by atoms with Crippen molar-refractivity contribution in [2.45, 2.75) is 33.1 Å². The van der Waals surface area contributed by atoms with Crippen LogP contribution in [0.25, 0.3) is 11.0 Å². The molecule has 3 N–H and O–H groups in total. The van der Waals surface area contributed by atoms with Crippen LogP contribution in [0, 0.1) is 6.92 Å². The molecule has 0 bridgehead atoms. The average molecular weight is 487 g/mol. The molecule has 182 valence electrons. The monoisotopic (exact) mass is 487 g/mol. The summed E-state index contributed by atoms with van der Waals surface area (Å²) in [6.45, 7) is 5.73. The van der Waals surface area contributed by atoms with Crippen LogP contribution in [0.2, 0.25) is 0 Å². The zero-order chi connectivity index (χ0) is 26.1. The second-order valence-corrected chi connectivity index (χ2v) is 9.02. The number of Topliss-reactive ketones (excluding diaryl/α,β-unsaturated/α-hetero) is 2. The molecule has 0 spiro atoms. The number of benzene rings is 2. The van der Waals surface area contributed by atoms with Crippen LogP contribution in [0.4, 0.5) is 5.69 Å². The van der Waals surface area contributed by atoms with Crippen molar-refractivity contribution in [2.24, 2.45) is 0 Å². The van der Waals surface area contributed by atoms with Crippen LogP contribution in [0.15, 0.2) is 62.6 Å². The largest absolute Gasteiger partial charge is 0.507 e. The van der Waals surface area contributed by atoms with Gasteiger partial charge >= 0.3 is 5.63 Å². The van der Waals surface area contributed by atoms with E-state index in [1.165, 1.54) is 26.8 Å². The van der Waals surface area contributed by atoms with Crippen molar-refractivity contribution in [3.63, 3.8) is 0 Å². The molecular formula is C27H21NO8. The van der Waals surface area contributed by atoms with Gasteiger partial charge in [-0.15, -0.1) is 0 Å². The molecule has 36 heavy (non-hydrogen) atoms. The van der Waals surface area contributed by atoms with Crippen molar-refractivity contribution < 1.29 is 33.8 Å². The predicted molar refractivity (Wildman–Crippen MR) is 129 cm³/mol. The molecular weight excluding hydrogens is 466 g/mol. The van der Waals surface area contributed by atoms with Crippen LogP contribution in [-0.2, 0) is 15.0 Å². The van der Waals surface area contributed by atoms with E-state index in [0.29, 0.717) is 16.7 Å². The number of carbonyl (C=O) groups excluding carboxylic acids is 3. The molecule has 2 aromatic carbocycles. The highest BCUT2D eigenvalue weighted by Gasteiger charge is 2.56. The van der Waals surface area contributed by atoms with Crippen molar-refractivity contribution in [3.05, 3.63) is 80.5 Å². The standard InChI is InChI=1S/C27H21NO8/c1-11-23(32)21(13(3)29)25-22(24(11)33)27(4)18(36-25)10-16(30)20(26(27)34)12(2)28-15-6-7-17-14(9-15)5-8-19(31)35-17/h5-10,28,32-33H,1-4H3/b20-12+/t27-/m0/s1. The Morgan fingerprint density at radius 3 is 2.44 bits per heavy atom. The molecule has 3 aromatic rings. The van der Waals surface area contributed by atoms with Crippen molar-refractivity contribution in [3.8, 4) is 17.2 Å². The SMILES string of the molecule is CC(=O)c1c(O)c(C)c(O)c2c1OC1=CC(=O)/C(=C(/C)Nc3ccc4oc(=O)ccc4c3)C(=O)[C@@]12C. The second kappa shape index (κ2) is 7.67. The van der Waals surface area contributed by atoms with Crippen LogP contribution in [-0.4, -0.2) is 27.6 Å². The minimum Gasteiger partial charge on any atom is -0.507 e. The minimum atomic E-state index is -1.60. The quantitative estimate of drug-likeness (QED) is 0.218. The first kappa shape index (κ1) is 23.1. The maximum absolute atomic E-state index is 13.9. The Balaban J connectivity index is 1.64. The number of hydrogen-bond acceptors (Lipinski definition) is 9. The van der Waals surface area contributed by atoms with Crippen LogP contribution in [0.1, 0.15) is 42.3 Å². The lowest BCUT2D eigenvalue weighted by Gasteiger charge is -2.29. The minimum absolute atomic E-state index is 0.0257. The molecule has 0 fully saturated rings. The first-order valence-electron chi connectivity index (χ1n) is 11.1. The van der Waals surface area contributed by atoms with Gasteiger partial charge in [0.25, 0.3) is 0 Å². The van der Waals surface area contributed by atoms with Gasteiger partial charge in [0.1, 0.15) is 39.6 Å². The second-order valence-electron chi connectivity index (χ2n) is 9.02. The zero-order valence-electron chi connectivity index (χ0n) is 19.8. The number of ketones is 3. The number of anilines is 1. The highest BCUT2D eigenvalue weighted by molar-refractivity contribution is 6.31. The summed E-state index contributed by atoms with van der Waals surface area (Å²) < 4.78 is 10.9. The third-order valence-electron chi connectivity index (χ3n) is 6.71. The smallest absolute Gasteiger partial charge is 0.336 e. The summed E-state index contributed by atoms with van der Waals surface area (Å²) in [5.41, 5.74) is -1.14. The molecule has 0 amide bonds. The van der Waals surface area contributed by atoms with Crippen molar-refractivity contribution in [1.82, 2.24) is 0 Å². The van der Waals surface area contributed by atoms with Crippen LogP contribution >= 0.6 is 0 Å². The van der Waals surface area contributed by atoms with E-state index >= 15 is 0 Å². The number of allylic oxidation sites excluding steroid dienone is 4. The lowest BCUT2D eigenvalue weighted by atomic mass is 9.70. The molecule has 1 aliphatic carbocycles. The Kier molecular flexibility index (Phi) is 4.92. The Labute approximate surface area is 204 Å². The molecule has 1 aliphatic heterocycles. The Hall–Kier alpha value is -4.66. The fourth-order valence-electron chi connectivity index (χ4n) is 4.79. The molecule has 2 aliphatic rings. The van der Waals surface area contributed by atoms with Crippen molar-refractivity contribution in [1.29, 1.82) is 0 Å². The number of rotatable bonds is 3. The molecule has 9 heteroatoms. The van der Waals surface area contributed by atoms with E-state index in [2.05, 4.69) is 5.32 Å². The fraction of sp³-hybridized carbons (Fsp3) is 0.185. The van der Waals surface area contributed by atoms with E-state index in [0.717, 1.165) is 6.08 Å². The number of nitrogens with one attached hydrogen (secondary N) is 1. The van der Waals surface area contributed by atoms with E-state index < -0.39 is 34.1 Å². The molecule has 1 atom stereocenters. The lowest BCUT2D eigenvalue weighted by molar-refractivity contribution is -0.123. The molecule has 1 aromatic heterocycles. The number of phenols is 2. The van der Waals surface area contributed by atoms with Gasteiger partial charge in [-0.3, -0.25) is 14.4 Å². The maximum atomic E-state index is 13.9. The molecule has 0 radical (unpaired) electrons. The number of aromatic hydroxyl groups is 2. The van der Waals surface area contributed by atoms with Gasteiger partial charge in [-0.25, -0.2) is 4.79 Å². The number of carbonyl (C=O) groups is 3. The van der Waals surface area contributed by atoms with Crippen LogP contribution < -0.4 is 15.7 Å². The number of phenolic OH excluding ortho intramolecular Hbond substituents is 2. The molecule has 5 rings (SSSR count). The average Bonchev–Trinajstić information content (AvgIpc) is 3.10. The van der Waals surface area contributed by atoms with Gasteiger partial charge < -0.3 is 24.7 Å². The number of ether oxygens (including phenoxy) is 1. The molecule has 0 saturated heterocycles. The van der Waals surface area contributed by atoms with Crippen LogP contribution in [0.5, 0.6) is 17.2 Å². The molecule has 9 nitrogen and oxygen atoms in total. The maximum Gasteiger partial charge on any atom is 0.336 e. The number of fused-ring (bicyclic) bond motifs is 4. The third kappa shape index (κ3) is 3.09. The Morgan fingerprint density at radius 2 is 1.75 bits per heavy atom. The Bertz CT molecular complexity index is 1670. The van der Waals surface area contributed by atoms with Gasteiger partial charge in [-0.05, 0) is 52.0 Å². The molecule has 0 unspecified atom stereocenters. The van der Waals surface area contributed by atoms with Crippen molar-refractivity contribution in [2.75, 3.05) is 5.32 Å². The van der Waals surface area contributed by atoms with E-state index in [1.54, 1.807) is 31.2 Å². The van der Waals surface area contributed by atoms with Gasteiger partial charge in [-0.2, -0.15) is 0 Å². The van der Waals surface area contributed by atoms with E-state index in [-0.39, 0.29) is 45.2 Å². The summed E-state index contributed by atoms with van der Waals surface area (Å²) in [7, 11) is 0. The van der Waals surface area contributed by atoms with E-state index in [4.69, 9.17) is 9.15 Å². The van der Waals surface area contributed by atoms with Gasteiger partial charge in [-0.1, -0.05) is 0 Å². The Morgan fingerprint density at radius 1 is 1.03 bits per heavy atom. The van der Waals surface area contributed by atoms with Crippen LogP contribution in [0.3, 0.4) is 0 Å². The summed E-state index contributed by atoms with van der Waals surface area (Å²) in [5, 5.41) is 25.1. The van der Waals surface area contributed by atoms with Gasteiger partial charge in [0.05, 0.1) is 11.1 Å². The summed E-state index contributed by atoms with van der Waals surface area (Å²) in [4.78, 5) is 50.6. The first-order chi connectivity index (χ1) is 16.9. The number of hydrogen-bond donors (Lipinski definition) is 3. The fourth-order valence-corrected chi connectivity index (χ4v) is 4.79. The normalized spacial score (nSPS) is 19.9. The topological polar surface area (TPSA) is 143 Å². The zero-order valence-corrected chi connectivity index (χ0v) is 19.8. The lowest BCUT2D eigenvalue weighted by Crippen LogP contribution is -2.40. The van der Waals surface area contributed by atoms with Gasteiger partial charge in [0, 0.05) is 34.5 Å². The summed E-state index contributed by atoms with van der Waals surface area (Å²) in [5.74, 6) is -2.76. The molecule has 0 saturated carbocycles. The highest BCUT2D eigenvalue weighted by atomic mass is 16.5. The predicted octanol–water partition coefficient (Wildman–Crippen LogP) is 3.79. The first-order valence-corrected chi connectivity index (χ1v) is 11.1. The van der Waals surface area contributed by atoms with Gasteiger partial charge in [0.15, 0.2) is 17.3 Å². The van der Waals surface area contributed by atoms with Crippen molar-refractivity contribution >= 4 is 34.0 Å². The summed E-state index contributed by atoms with van der Waals surface area (Å²) in [6, 6.07) is 7.83. The summed E-state index contributed by atoms with van der Waals surface area (Å²) >= 11 is 0. The molecule has 2 heterocycles. The summed E-state index contributed by atoms with van der Waals surface area (Å²) in [6.07, 6.45) is 1.16. The highest BCUT2D eigenvalue weighted by Crippen LogP contribution is 2.57. The van der Waals surface area contributed by atoms with E-state index in [1.807, 2.05) is 0 Å². The van der Waals surface area contributed by atoms with Gasteiger partial charge in [0.2, 0.25) is 0 Å². The van der Waals surface area contributed by atoms with E-state index in [9.17, 15) is 29.4 Å². The third-order valence-corrected chi connectivity index (χ3v) is 6.71.